The van der Waals surface area contributed by atoms with Crippen molar-refractivity contribution >= 4 is 45.7 Å². The van der Waals surface area contributed by atoms with E-state index in [9.17, 15) is 4.79 Å². The fourth-order valence-electron chi connectivity index (χ4n) is 1.05. The van der Waals surface area contributed by atoms with Crippen LogP contribution in [0.1, 0.15) is 15.4 Å². The smallest absolute Gasteiger partial charge is 0.268 e. The summed E-state index contributed by atoms with van der Waals surface area (Å²) in [7, 11) is 0. The summed E-state index contributed by atoms with van der Waals surface area (Å²) in [6.07, 6.45) is 0. The first-order valence-corrected chi connectivity index (χ1v) is 6.10. The highest BCUT2D eigenvalue weighted by molar-refractivity contribution is 14.1. The van der Waals surface area contributed by atoms with E-state index in [2.05, 4.69) is 33.1 Å². The quantitative estimate of drug-likeness (QED) is 0.860. The number of thiophene rings is 1. The summed E-state index contributed by atoms with van der Waals surface area (Å²) in [6, 6.07) is 3.58. The monoisotopic (exact) mass is 334 g/mol. The van der Waals surface area contributed by atoms with Crippen molar-refractivity contribution in [2.75, 3.05) is 5.32 Å². The van der Waals surface area contributed by atoms with Crippen molar-refractivity contribution in [1.82, 2.24) is 5.16 Å². The minimum atomic E-state index is -0.150. The normalized spacial score (nSPS) is 10.3. The van der Waals surface area contributed by atoms with Crippen LogP contribution in [0.2, 0.25) is 0 Å². The molecule has 78 valence electrons. The van der Waals surface area contributed by atoms with E-state index in [0.29, 0.717) is 16.5 Å². The number of carbonyl (C=O) groups excluding carboxylic acids is 1. The molecule has 0 spiro atoms. The Morgan fingerprint density at radius 3 is 3.00 bits per heavy atom. The molecule has 15 heavy (non-hydrogen) atoms. The second-order valence-electron chi connectivity index (χ2n) is 2.87. The molecule has 0 aliphatic carbocycles. The number of amides is 1. The van der Waals surface area contributed by atoms with Gasteiger partial charge < -0.3 is 9.84 Å². The highest BCUT2D eigenvalue weighted by Gasteiger charge is 2.13. The predicted octanol–water partition coefficient (Wildman–Crippen LogP) is 2.90. The molecule has 4 nitrogen and oxygen atoms in total. The molecule has 6 heteroatoms. The Morgan fingerprint density at radius 2 is 2.47 bits per heavy atom. The Morgan fingerprint density at radius 1 is 1.67 bits per heavy atom. The van der Waals surface area contributed by atoms with Gasteiger partial charge in [0.1, 0.15) is 10.6 Å². The van der Waals surface area contributed by atoms with E-state index in [0.717, 1.165) is 3.57 Å². The number of carbonyl (C=O) groups is 1. The summed E-state index contributed by atoms with van der Waals surface area (Å²) in [5, 5.41) is 8.24. The predicted molar refractivity (Wildman–Crippen MR) is 66.2 cm³/mol. The van der Waals surface area contributed by atoms with Crippen molar-refractivity contribution in [2.45, 2.75) is 6.92 Å². The molecular weight excluding hydrogens is 327 g/mol. The molecular formula is C9H7IN2O2S. The van der Waals surface area contributed by atoms with Gasteiger partial charge in [-0.2, -0.15) is 0 Å². The van der Waals surface area contributed by atoms with Crippen molar-refractivity contribution in [3.63, 3.8) is 0 Å². The van der Waals surface area contributed by atoms with E-state index in [1.54, 1.807) is 13.0 Å². The summed E-state index contributed by atoms with van der Waals surface area (Å²) in [6.45, 7) is 1.78. The maximum Gasteiger partial charge on any atom is 0.268 e. The van der Waals surface area contributed by atoms with Crippen LogP contribution >= 0.6 is 33.9 Å². The lowest BCUT2D eigenvalue weighted by molar-refractivity contribution is 0.102. The molecule has 0 saturated carbocycles. The number of aryl methyl sites for hydroxylation is 1. The molecule has 1 amide bonds. The van der Waals surface area contributed by atoms with Crippen LogP contribution in [0, 0.1) is 10.5 Å². The summed E-state index contributed by atoms with van der Waals surface area (Å²) < 4.78 is 5.79. The Kier molecular flexibility index (Phi) is 3.06. The molecule has 2 aromatic rings. The van der Waals surface area contributed by atoms with Crippen LogP contribution in [0.25, 0.3) is 0 Å². The van der Waals surface area contributed by atoms with Crippen molar-refractivity contribution < 1.29 is 9.32 Å². The molecule has 2 rings (SSSR count). The molecule has 0 saturated heterocycles. The van der Waals surface area contributed by atoms with E-state index in [1.807, 2.05) is 11.4 Å². The molecule has 2 aromatic heterocycles. The molecule has 0 fully saturated rings. The van der Waals surface area contributed by atoms with E-state index < -0.39 is 0 Å². The standard InChI is InChI=1S/C9H7IN2O2S/c1-5-4-7(12-14-5)11-9(13)8-6(10)2-3-15-8/h2-4H,1H3,(H,11,12,13). The highest BCUT2D eigenvalue weighted by Crippen LogP contribution is 2.20. The highest BCUT2D eigenvalue weighted by atomic mass is 127. The topological polar surface area (TPSA) is 55.1 Å². The van der Waals surface area contributed by atoms with Crippen molar-refractivity contribution in [3.05, 3.63) is 31.7 Å². The Bertz CT molecular complexity index is 492. The Balaban J connectivity index is 2.14. The largest absolute Gasteiger partial charge is 0.360 e. The second kappa shape index (κ2) is 4.31. The number of halogens is 1. The Hall–Kier alpha value is -0.890. The van der Waals surface area contributed by atoms with Crippen LogP contribution in [0.3, 0.4) is 0 Å². The summed E-state index contributed by atoms with van der Waals surface area (Å²) in [5.41, 5.74) is 0. The number of hydrogen-bond donors (Lipinski definition) is 1. The fourth-order valence-corrected chi connectivity index (χ4v) is 2.78. The maximum absolute atomic E-state index is 11.7. The van der Waals surface area contributed by atoms with Gasteiger partial charge in [-0.1, -0.05) is 5.16 Å². The van der Waals surface area contributed by atoms with Crippen LogP contribution in [0.4, 0.5) is 5.82 Å². The lowest BCUT2D eigenvalue weighted by atomic mass is 10.4. The van der Waals surface area contributed by atoms with E-state index in [-0.39, 0.29) is 5.91 Å². The number of anilines is 1. The zero-order chi connectivity index (χ0) is 10.8. The van der Waals surface area contributed by atoms with Gasteiger partial charge in [-0.05, 0) is 41.0 Å². The first-order valence-electron chi connectivity index (χ1n) is 4.14. The molecule has 1 N–H and O–H groups in total. The van der Waals surface area contributed by atoms with Gasteiger partial charge in [0, 0.05) is 9.64 Å². The van der Waals surface area contributed by atoms with Crippen molar-refractivity contribution in [3.8, 4) is 0 Å². The number of aromatic nitrogens is 1. The van der Waals surface area contributed by atoms with Gasteiger partial charge in [-0.25, -0.2) is 0 Å². The third-order valence-electron chi connectivity index (χ3n) is 1.69. The minimum Gasteiger partial charge on any atom is -0.360 e. The first kappa shape index (κ1) is 10.6. The third kappa shape index (κ3) is 2.37. The number of nitrogens with zero attached hydrogens (tertiary/aromatic N) is 1. The van der Waals surface area contributed by atoms with E-state index >= 15 is 0 Å². The van der Waals surface area contributed by atoms with Gasteiger partial charge in [0.2, 0.25) is 0 Å². The fraction of sp³-hybridized carbons (Fsp3) is 0.111. The average molecular weight is 334 g/mol. The second-order valence-corrected chi connectivity index (χ2v) is 4.95. The van der Waals surface area contributed by atoms with Crippen LogP contribution < -0.4 is 5.32 Å². The molecule has 0 unspecified atom stereocenters. The van der Waals surface area contributed by atoms with Gasteiger partial charge in [0.25, 0.3) is 5.91 Å². The van der Waals surface area contributed by atoms with E-state index in [1.165, 1.54) is 11.3 Å². The van der Waals surface area contributed by atoms with Crippen LogP contribution in [-0.2, 0) is 0 Å². The minimum absolute atomic E-state index is 0.150. The van der Waals surface area contributed by atoms with Gasteiger partial charge in [-0.3, -0.25) is 4.79 Å². The molecule has 0 radical (unpaired) electrons. The zero-order valence-corrected chi connectivity index (χ0v) is 10.8. The molecule has 2 heterocycles. The number of hydrogen-bond acceptors (Lipinski definition) is 4. The summed E-state index contributed by atoms with van der Waals surface area (Å²) in [5.74, 6) is 0.968. The van der Waals surface area contributed by atoms with E-state index in [4.69, 9.17) is 4.52 Å². The SMILES string of the molecule is Cc1cc(NC(=O)c2sccc2I)no1. The van der Waals surface area contributed by atoms with Crippen molar-refractivity contribution in [1.29, 1.82) is 0 Å². The van der Waals surface area contributed by atoms with Crippen LogP contribution in [0.5, 0.6) is 0 Å². The maximum atomic E-state index is 11.7. The lowest BCUT2D eigenvalue weighted by Gasteiger charge is -1.98. The van der Waals surface area contributed by atoms with Gasteiger partial charge in [-0.15, -0.1) is 11.3 Å². The first-order chi connectivity index (χ1) is 7.16. The lowest BCUT2D eigenvalue weighted by Crippen LogP contribution is -2.11. The van der Waals surface area contributed by atoms with Gasteiger partial charge in [0.05, 0.1) is 0 Å². The molecule has 0 aliphatic rings. The number of rotatable bonds is 2. The Labute approximate surface area is 104 Å². The molecule has 0 atom stereocenters. The third-order valence-corrected chi connectivity index (χ3v) is 3.87. The van der Waals surface area contributed by atoms with Gasteiger partial charge in [0.15, 0.2) is 5.82 Å². The van der Waals surface area contributed by atoms with Crippen LogP contribution in [0.15, 0.2) is 22.0 Å². The van der Waals surface area contributed by atoms with Gasteiger partial charge >= 0.3 is 0 Å². The van der Waals surface area contributed by atoms with Crippen LogP contribution in [-0.4, -0.2) is 11.1 Å². The summed E-state index contributed by atoms with van der Waals surface area (Å²) >= 11 is 3.53. The zero-order valence-electron chi connectivity index (χ0n) is 7.78. The molecule has 0 aliphatic heterocycles. The average Bonchev–Trinajstić information content (AvgIpc) is 2.75. The molecule has 0 aromatic carbocycles. The number of nitrogens with one attached hydrogen (secondary N) is 1. The summed E-state index contributed by atoms with van der Waals surface area (Å²) in [4.78, 5) is 12.4. The van der Waals surface area contributed by atoms with Crippen molar-refractivity contribution in [2.24, 2.45) is 0 Å². The molecule has 0 bridgehead atoms.